The Bertz CT molecular complexity index is 1020. The lowest BCUT2D eigenvalue weighted by Gasteiger charge is -2.42. The fraction of sp³-hybridized carbons (Fsp3) is 0.738. The highest BCUT2D eigenvalue weighted by molar-refractivity contribution is 5.85. The molecule has 0 spiro atoms. The molecule has 2 bridgehead atoms. The molecule has 4 rings (SSSR count). The van der Waals surface area contributed by atoms with E-state index in [0.29, 0.717) is 30.0 Å². The fourth-order valence-corrected chi connectivity index (χ4v) is 8.60. The van der Waals surface area contributed by atoms with E-state index in [4.69, 9.17) is 5.73 Å². The van der Waals surface area contributed by atoms with Gasteiger partial charge >= 0.3 is 0 Å². The number of Topliss-reactive ketones (excluding diaryl/α,β-unsaturated/α-hetero) is 1. The van der Waals surface area contributed by atoms with E-state index in [1.165, 1.54) is 75.4 Å². The summed E-state index contributed by atoms with van der Waals surface area (Å²) in [4.78, 5) is 16.5. The lowest BCUT2D eigenvalue weighted by molar-refractivity contribution is -0.125. The molecule has 0 aromatic rings. The Morgan fingerprint density at radius 2 is 1.53 bits per heavy atom. The third kappa shape index (κ3) is 11.9. The maximum Gasteiger partial charge on any atom is 0.155 e. The Balaban J connectivity index is 0.00000271. The second-order valence-corrected chi connectivity index (χ2v) is 15.1. The van der Waals surface area contributed by atoms with E-state index in [1.54, 1.807) is 0 Å². The molecule has 2 saturated carbocycles. The smallest absolute Gasteiger partial charge is 0.155 e. The zero-order chi connectivity index (χ0) is 32.8. The van der Waals surface area contributed by atoms with Crippen molar-refractivity contribution in [2.75, 3.05) is 6.54 Å². The summed E-state index contributed by atoms with van der Waals surface area (Å²) in [6, 6.07) is -0.0425. The highest BCUT2D eigenvalue weighted by Gasteiger charge is 2.35. The molecular formula is C42H70N2O. The number of allylic oxidation sites excluding steroid dienone is 6. The Morgan fingerprint density at radius 3 is 2.31 bits per heavy atom. The summed E-state index contributed by atoms with van der Waals surface area (Å²) in [5.74, 6) is 4.19. The van der Waals surface area contributed by atoms with Gasteiger partial charge in [0.15, 0.2) is 5.78 Å². The van der Waals surface area contributed by atoms with Crippen molar-refractivity contribution in [3.8, 4) is 0 Å². The van der Waals surface area contributed by atoms with Crippen LogP contribution in [-0.4, -0.2) is 23.3 Å². The molecule has 3 nitrogen and oxygen atoms in total. The standard InChI is InChI=1S/C40H64N2O.C2H6/c1-29-12-10-15-35(22-21-34-14-11-13-30(2)26-34)27-40(43)39-18-8-9-25-42(39)33(5)32(4)37-23-20-31(3)36(28-37)16-6-7-17-38(41)24-19-29;1-2/h21-22,24,30-31,34-37,39H,1,4-20,23,25-28,41H2,2-3H3;1-2H3/b22-21+,38-24-;/t30?,31?,34?,35-,36?,37?,39-;/m0./s1. The monoisotopic (exact) mass is 619 g/mol. The van der Waals surface area contributed by atoms with Gasteiger partial charge in [0.25, 0.3) is 0 Å². The van der Waals surface area contributed by atoms with E-state index in [2.05, 4.69) is 56.7 Å². The summed E-state index contributed by atoms with van der Waals surface area (Å²) in [7, 11) is 0. The first-order valence-corrected chi connectivity index (χ1v) is 19.2. The second-order valence-electron chi connectivity index (χ2n) is 15.1. The average molecular weight is 619 g/mol. The largest absolute Gasteiger partial charge is 0.402 e. The molecule has 0 radical (unpaired) electrons. The van der Waals surface area contributed by atoms with Gasteiger partial charge in [0.1, 0.15) is 0 Å². The van der Waals surface area contributed by atoms with Crippen molar-refractivity contribution in [3.63, 3.8) is 0 Å². The van der Waals surface area contributed by atoms with Crippen LogP contribution >= 0.6 is 0 Å². The van der Waals surface area contributed by atoms with E-state index in [9.17, 15) is 4.79 Å². The number of carbonyl (C=O) groups excluding carboxylic acids is 1. The Morgan fingerprint density at radius 1 is 0.800 bits per heavy atom. The van der Waals surface area contributed by atoms with Gasteiger partial charge in [-0.25, -0.2) is 0 Å². The first kappa shape index (κ1) is 37.4. The van der Waals surface area contributed by atoms with Gasteiger partial charge in [-0.15, -0.1) is 0 Å². The van der Waals surface area contributed by atoms with Crippen molar-refractivity contribution < 1.29 is 4.79 Å². The zero-order valence-corrected chi connectivity index (χ0v) is 30.0. The van der Waals surface area contributed by atoms with Crippen molar-refractivity contribution in [1.82, 2.24) is 4.90 Å². The molecular weight excluding hydrogens is 548 g/mol. The number of piperidine rings is 1. The molecule has 2 heterocycles. The molecule has 45 heavy (non-hydrogen) atoms. The minimum atomic E-state index is -0.0425. The summed E-state index contributed by atoms with van der Waals surface area (Å²) in [5.41, 5.74) is 11.0. The van der Waals surface area contributed by atoms with Crippen LogP contribution in [0.25, 0.3) is 0 Å². The maximum atomic E-state index is 14.1. The second kappa shape index (κ2) is 19.6. The van der Waals surface area contributed by atoms with E-state index in [1.807, 2.05) is 13.8 Å². The summed E-state index contributed by atoms with van der Waals surface area (Å²) in [5, 5.41) is 0. The van der Waals surface area contributed by atoms with Gasteiger partial charge < -0.3 is 10.6 Å². The normalized spacial score (nSPS) is 35.0. The van der Waals surface area contributed by atoms with Crippen LogP contribution in [0.4, 0.5) is 0 Å². The van der Waals surface area contributed by atoms with Crippen molar-refractivity contribution >= 4 is 5.78 Å². The molecule has 5 unspecified atom stereocenters. The van der Waals surface area contributed by atoms with Crippen LogP contribution in [-0.2, 0) is 4.79 Å². The maximum absolute atomic E-state index is 14.1. The van der Waals surface area contributed by atoms with Crippen LogP contribution in [0.3, 0.4) is 0 Å². The summed E-state index contributed by atoms with van der Waals surface area (Å²) < 4.78 is 0. The van der Waals surface area contributed by atoms with Crippen LogP contribution in [0.15, 0.2) is 60.5 Å². The number of rotatable bonds is 2. The Hall–Kier alpha value is -2.03. The highest BCUT2D eigenvalue weighted by atomic mass is 16.1. The average Bonchev–Trinajstić information content (AvgIpc) is 3.05. The topological polar surface area (TPSA) is 46.3 Å². The number of nitrogens with two attached hydrogens (primary N) is 1. The van der Waals surface area contributed by atoms with Crippen LogP contribution in [0.5, 0.6) is 0 Å². The fourth-order valence-electron chi connectivity index (χ4n) is 8.60. The summed E-state index contributed by atoms with van der Waals surface area (Å²) in [6.45, 7) is 23.4. The zero-order valence-electron chi connectivity index (χ0n) is 30.0. The van der Waals surface area contributed by atoms with Gasteiger partial charge in [-0.3, -0.25) is 4.79 Å². The van der Waals surface area contributed by atoms with Gasteiger partial charge in [0.2, 0.25) is 0 Å². The van der Waals surface area contributed by atoms with Crippen molar-refractivity contribution in [3.05, 3.63) is 60.5 Å². The van der Waals surface area contributed by atoms with Gasteiger partial charge in [-0.05, 0) is 131 Å². The summed E-state index contributed by atoms with van der Waals surface area (Å²) >= 11 is 0. The minimum Gasteiger partial charge on any atom is -0.402 e. The molecule has 0 amide bonds. The third-order valence-corrected chi connectivity index (χ3v) is 11.6. The van der Waals surface area contributed by atoms with E-state index in [0.717, 1.165) is 87.1 Å². The molecule has 3 heteroatoms. The number of carbonyl (C=O) groups is 1. The minimum absolute atomic E-state index is 0.0425. The third-order valence-electron chi connectivity index (χ3n) is 11.6. The molecule has 0 aromatic heterocycles. The first-order chi connectivity index (χ1) is 21.7. The molecule has 4 aliphatic rings. The predicted octanol–water partition coefficient (Wildman–Crippen LogP) is 11.5. The van der Waals surface area contributed by atoms with Crippen LogP contribution in [0.2, 0.25) is 0 Å². The molecule has 3 fully saturated rings. The van der Waals surface area contributed by atoms with E-state index >= 15 is 0 Å². The van der Waals surface area contributed by atoms with Crippen LogP contribution in [0.1, 0.15) is 150 Å². The first-order valence-electron chi connectivity index (χ1n) is 19.2. The van der Waals surface area contributed by atoms with Crippen molar-refractivity contribution in [2.24, 2.45) is 41.2 Å². The SMILES string of the molecule is C=C1C/C=C(\N)CCCCC2CC(CCC2C)C(=C)C(=C)N2CCCC[C@H]2C(=O)C[C@H](/C=C/C2CCCC(C)C2)CCC1.CC. The quantitative estimate of drug-likeness (QED) is 0.313. The van der Waals surface area contributed by atoms with Gasteiger partial charge in [0.05, 0.1) is 6.04 Å². The number of ketones is 1. The molecule has 2 aliphatic heterocycles. The molecule has 7 atom stereocenters. The summed E-state index contributed by atoms with van der Waals surface area (Å²) in [6.07, 6.45) is 28.6. The number of hydrogen-bond acceptors (Lipinski definition) is 3. The van der Waals surface area contributed by atoms with Crippen molar-refractivity contribution in [1.29, 1.82) is 0 Å². The molecule has 0 aromatic carbocycles. The Kier molecular flexibility index (Phi) is 16.3. The lowest BCUT2D eigenvalue weighted by atomic mass is 9.70. The van der Waals surface area contributed by atoms with E-state index in [-0.39, 0.29) is 6.04 Å². The van der Waals surface area contributed by atoms with Crippen molar-refractivity contribution in [2.45, 2.75) is 156 Å². The molecule has 254 valence electrons. The number of fused-ring (bicyclic) bond motifs is 3. The number of nitrogens with zero attached hydrogens (tertiary/aromatic N) is 1. The van der Waals surface area contributed by atoms with Gasteiger partial charge in [0, 0.05) is 24.4 Å². The van der Waals surface area contributed by atoms with Gasteiger partial charge in [-0.2, -0.15) is 0 Å². The number of hydrogen-bond donors (Lipinski definition) is 1. The lowest BCUT2D eigenvalue weighted by Crippen LogP contribution is -2.45. The predicted molar refractivity (Wildman–Crippen MR) is 196 cm³/mol. The van der Waals surface area contributed by atoms with Gasteiger partial charge in [-0.1, -0.05) is 96.9 Å². The van der Waals surface area contributed by atoms with Crippen LogP contribution < -0.4 is 5.73 Å². The molecule has 2 N–H and O–H groups in total. The highest BCUT2D eigenvalue weighted by Crippen LogP contribution is 2.42. The Labute approximate surface area is 278 Å². The van der Waals surface area contributed by atoms with Crippen LogP contribution in [0, 0.1) is 35.5 Å². The molecule has 1 saturated heterocycles. The van der Waals surface area contributed by atoms with E-state index < -0.39 is 0 Å². The molecule has 2 aliphatic carbocycles.